The van der Waals surface area contributed by atoms with Crippen LogP contribution in [-0.4, -0.2) is 22.2 Å². The van der Waals surface area contributed by atoms with E-state index in [1.54, 1.807) is 18.2 Å². The minimum atomic E-state index is -0.244. The zero-order valence-electron chi connectivity index (χ0n) is 14.2. The number of benzene rings is 2. The van der Waals surface area contributed by atoms with Crippen LogP contribution >= 0.6 is 0 Å². The van der Waals surface area contributed by atoms with E-state index >= 15 is 0 Å². The number of nitrogens with one attached hydrogen (secondary N) is 1. The van der Waals surface area contributed by atoms with Crippen LogP contribution in [0.2, 0.25) is 0 Å². The van der Waals surface area contributed by atoms with Crippen molar-refractivity contribution in [2.24, 2.45) is 0 Å². The van der Waals surface area contributed by atoms with E-state index in [1.165, 1.54) is 4.68 Å². The lowest BCUT2D eigenvalue weighted by Crippen LogP contribution is -2.31. The highest BCUT2D eigenvalue weighted by molar-refractivity contribution is 6.04. The van der Waals surface area contributed by atoms with Gasteiger partial charge in [-0.05, 0) is 18.1 Å². The fourth-order valence-corrected chi connectivity index (χ4v) is 2.73. The van der Waals surface area contributed by atoms with Crippen LogP contribution in [0.1, 0.15) is 35.8 Å². The lowest BCUT2D eigenvalue weighted by Gasteiger charge is -2.11. The summed E-state index contributed by atoms with van der Waals surface area (Å²) in [5.74, 6) is -0.244. The van der Waals surface area contributed by atoms with E-state index in [9.17, 15) is 9.59 Å². The second-order valence-electron chi connectivity index (χ2n) is 5.95. The van der Waals surface area contributed by atoms with Gasteiger partial charge in [0, 0.05) is 11.9 Å². The second-order valence-corrected chi connectivity index (χ2v) is 5.95. The first-order valence-electron chi connectivity index (χ1n) is 8.52. The van der Waals surface area contributed by atoms with Gasteiger partial charge in [0.15, 0.2) is 5.69 Å². The molecule has 0 aliphatic rings. The Balaban J connectivity index is 2.04. The van der Waals surface area contributed by atoms with Crippen LogP contribution in [0.25, 0.3) is 10.8 Å². The normalized spacial score (nSPS) is 10.8. The van der Waals surface area contributed by atoms with Crippen molar-refractivity contribution in [3.05, 3.63) is 76.2 Å². The van der Waals surface area contributed by atoms with Crippen molar-refractivity contribution < 1.29 is 4.79 Å². The maximum atomic E-state index is 12.7. The minimum Gasteiger partial charge on any atom is -0.351 e. The van der Waals surface area contributed by atoms with Crippen LogP contribution in [0.15, 0.2) is 59.4 Å². The second kappa shape index (κ2) is 7.75. The summed E-state index contributed by atoms with van der Waals surface area (Å²) in [7, 11) is 0. The van der Waals surface area contributed by atoms with Crippen molar-refractivity contribution in [1.29, 1.82) is 0 Å². The molecule has 3 rings (SSSR count). The van der Waals surface area contributed by atoms with E-state index in [2.05, 4.69) is 17.3 Å². The fourth-order valence-electron chi connectivity index (χ4n) is 2.73. The number of carbonyl (C=O) groups is 1. The van der Waals surface area contributed by atoms with Crippen LogP contribution in [0.3, 0.4) is 0 Å². The largest absolute Gasteiger partial charge is 0.351 e. The molecule has 1 aromatic heterocycles. The number of nitrogens with zero attached hydrogens (tertiary/aromatic N) is 2. The van der Waals surface area contributed by atoms with Crippen LogP contribution in [0.5, 0.6) is 0 Å². The number of carbonyl (C=O) groups excluding carboxylic acids is 1. The first-order valence-corrected chi connectivity index (χ1v) is 8.52. The van der Waals surface area contributed by atoms with Gasteiger partial charge in [0.1, 0.15) is 0 Å². The van der Waals surface area contributed by atoms with Gasteiger partial charge >= 0.3 is 0 Å². The average molecular weight is 335 g/mol. The maximum Gasteiger partial charge on any atom is 0.274 e. The maximum absolute atomic E-state index is 12.7. The SMILES string of the molecule is CCCCNC(=O)c1nn(Cc2ccccc2)c(=O)c2ccccc12. The highest BCUT2D eigenvalue weighted by Crippen LogP contribution is 2.14. The Bertz CT molecular complexity index is 933. The molecule has 0 saturated carbocycles. The first kappa shape index (κ1) is 16.9. The molecular weight excluding hydrogens is 314 g/mol. The van der Waals surface area contributed by atoms with E-state index in [4.69, 9.17) is 0 Å². The van der Waals surface area contributed by atoms with E-state index in [0.29, 0.717) is 29.6 Å². The molecule has 2 aromatic carbocycles. The summed E-state index contributed by atoms with van der Waals surface area (Å²) >= 11 is 0. The van der Waals surface area contributed by atoms with E-state index in [-0.39, 0.29) is 11.5 Å². The summed E-state index contributed by atoms with van der Waals surface area (Å²) in [5, 5.41) is 8.35. The van der Waals surface area contributed by atoms with Crippen LogP contribution < -0.4 is 10.9 Å². The summed E-state index contributed by atoms with van der Waals surface area (Å²) in [6, 6.07) is 16.7. The highest BCUT2D eigenvalue weighted by atomic mass is 16.2. The lowest BCUT2D eigenvalue weighted by atomic mass is 10.1. The highest BCUT2D eigenvalue weighted by Gasteiger charge is 2.16. The predicted molar refractivity (Wildman–Crippen MR) is 98.8 cm³/mol. The zero-order chi connectivity index (χ0) is 17.6. The number of hydrogen-bond donors (Lipinski definition) is 1. The van der Waals surface area contributed by atoms with Gasteiger partial charge < -0.3 is 5.32 Å². The van der Waals surface area contributed by atoms with Gasteiger partial charge in [-0.3, -0.25) is 9.59 Å². The molecule has 0 unspecified atom stereocenters. The molecule has 0 aliphatic carbocycles. The van der Waals surface area contributed by atoms with E-state index < -0.39 is 0 Å². The number of hydrogen-bond acceptors (Lipinski definition) is 3. The van der Waals surface area contributed by atoms with Crippen LogP contribution in [0, 0.1) is 0 Å². The Morgan fingerprint density at radius 3 is 2.44 bits per heavy atom. The molecule has 0 spiro atoms. The standard InChI is InChI=1S/C20H21N3O2/c1-2-3-13-21-19(24)18-16-11-7-8-12-17(16)20(25)23(22-18)14-15-9-5-4-6-10-15/h4-12H,2-3,13-14H2,1H3,(H,21,24). The molecule has 0 aliphatic heterocycles. The lowest BCUT2D eigenvalue weighted by molar-refractivity contribution is 0.0947. The molecule has 0 atom stereocenters. The summed E-state index contributed by atoms with van der Waals surface area (Å²) in [6.07, 6.45) is 1.91. The molecular formula is C20H21N3O2. The Morgan fingerprint density at radius 1 is 1.04 bits per heavy atom. The molecule has 0 fully saturated rings. The van der Waals surface area contributed by atoms with Crippen molar-refractivity contribution >= 4 is 16.7 Å². The number of amides is 1. The monoisotopic (exact) mass is 335 g/mol. The van der Waals surface area contributed by atoms with Gasteiger partial charge in [0.25, 0.3) is 11.5 Å². The number of unbranched alkanes of at least 4 members (excludes halogenated alkanes) is 1. The molecule has 3 aromatic rings. The minimum absolute atomic E-state index is 0.190. The molecule has 5 nitrogen and oxygen atoms in total. The Kier molecular flexibility index (Phi) is 5.23. The summed E-state index contributed by atoms with van der Waals surface area (Å²) in [6.45, 7) is 3.00. The predicted octanol–water partition coefficient (Wildman–Crippen LogP) is 2.97. The third-order valence-corrected chi connectivity index (χ3v) is 4.07. The molecule has 1 amide bonds. The summed E-state index contributed by atoms with van der Waals surface area (Å²) in [4.78, 5) is 25.3. The number of rotatable bonds is 6. The Hall–Kier alpha value is -2.95. The molecule has 1 heterocycles. The smallest absolute Gasteiger partial charge is 0.274 e. The van der Waals surface area contributed by atoms with Crippen LogP contribution in [-0.2, 0) is 6.54 Å². The van der Waals surface area contributed by atoms with Gasteiger partial charge in [-0.15, -0.1) is 0 Å². The number of fused-ring (bicyclic) bond motifs is 1. The van der Waals surface area contributed by atoms with E-state index in [1.807, 2.05) is 36.4 Å². The van der Waals surface area contributed by atoms with Crippen molar-refractivity contribution in [3.8, 4) is 0 Å². The molecule has 0 radical (unpaired) electrons. The van der Waals surface area contributed by atoms with Gasteiger partial charge in [-0.2, -0.15) is 5.10 Å². The average Bonchev–Trinajstić information content (AvgIpc) is 2.65. The Labute approximate surface area is 146 Å². The van der Waals surface area contributed by atoms with Gasteiger partial charge in [0.2, 0.25) is 0 Å². The van der Waals surface area contributed by atoms with Crippen molar-refractivity contribution in [2.75, 3.05) is 6.54 Å². The molecule has 5 heteroatoms. The molecule has 1 N–H and O–H groups in total. The van der Waals surface area contributed by atoms with Crippen molar-refractivity contribution in [2.45, 2.75) is 26.3 Å². The van der Waals surface area contributed by atoms with Gasteiger partial charge in [0.05, 0.1) is 11.9 Å². The van der Waals surface area contributed by atoms with Crippen molar-refractivity contribution in [1.82, 2.24) is 15.1 Å². The Morgan fingerprint density at radius 2 is 1.72 bits per heavy atom. The fraction of sp³-hybridized carbons (Fsp3) is 0.250. The topological polar surface area (TPSA) is 64.0 Å². The van der Waals surface area contributed by atoms with Crippen molar-refractivity contribution in [3.63, 3.8) is 0 Å². The third-order valence-electron chi connectivity index (χ3n) is 4.07. The number of aromatic nitrogens is 2. The molecule has 128 valence electrons. The quantitative estimate of drug-likeness (QED) is 0.704. The van der Waals surface area contributed by atoms with E-state index in [0.717, 1.165) is 18.4 Å². The first-order chi connectivity index (χ1) is 12.2. The summed E-state index contributed by atoms with van der Waals surface area (Å²) < 4.78 is 1.37. The van der Waals surface area contributed by atoms with Gasteiger partial charge in [-0.1, -0.05) is 61.9 Å². The third kappa shape index (κ3) is 3.76. The zero-order valence-corrected chi connectivity index (χ0v) is 14.2. The van der Waals surface area contributed by atoms with Gasteiger partial charge in [-0.25, -0.2) is 4.68 Å². The summed E-state index contributed by atoms with van der Waals surface area (Å²) in [5.41, 5.74) is 1.07. The molecule has 0 bridgehead atoms. The van der Waals surface area contributed by atoms with Crippen LogP contribution in [0.4, 0.5) is 0 Å². The molecule has 25 heavy (non-hydrogen) atoms. The molecule has 0 saturated heterocycles.